The lowest BCUT2D eigenvalue weighted by atomic mass is 10.2. The van der Waals surface area contributed by atoms with Crippen LogP contribution in [0.1, 0.15) is 32.1 Å². The predicted octanol–water partition coefficient (Wildman–Crippen LogP) is 0.996. The molecule has 1 N–H and O–H groups in total. The van der Waals surface area contributed by atoms with Crippen LogP contribution in [-0.4, -0.2) is 35.2 Å². The lowest BCUT2D eigenvalue weighted by molar-refractivity contribution is 0.0853. The van der Waals surface area contributed by atoms with Gasteiger partial charge in [0, 0.05) is 6.04 Å². The molecule has 0 aromatic heterocycles. The van der Waals surface area contributed by atoms with Gasteiger partial charge in [-0.3, -0.25) is 4.90 Å². The Bertz CT molecular complexity index is 132. The lowest BCUT2D eigenvalue weighted by Crippen LogP contribution is -2.38. The zero-order chi connectivity index (χ0) is 7.68. The van der Waals surface area contributed by atoms with Crippen LogP contribution in [0.5, 0.6) is 0 Å². The average Bonchev–Trinajstić information content (AvgIpc) is 2.55. The van der Waals surface area contributed by atoms with Crippen LogP contribution in [0.2, 0.25) is 0 Å². The molecule has 2 rings (SSSR count). The van der Waals surface area contributed by atoms with Gasteiger partial charge in [-0.05, 0) is 45.2 Å². The molecule has 1 saturated carbocycles. The van der Waals surface area contributed by atoms with E-state index >= 15 is 0 Å². The van der Waals surface area contributed by atoms with Crippen LogP contribution in [0.3, 0.4) is 0 Å². The van der Waals surface area contributed by atoms with Gasteiger partial charge >= 0.3 is 0 Å². The number of rotatable bonds is 1. The molecule has 1 aliphatic carbocycles. The van der Waals surface area contributed by atoms with E-state index in [-0.39, 0.29) is 6.10 Å². The van der Waals surface area contributed by atoms with E-state index in [0.29, 0.717) is 6.04 Å². The Balaban J connectivity index is 1.92. The molecule has 2 nitrogen and oxygen atoms in total. The largest absolute Gasteiger partial charge is 0.391 e. The molecule has 0 spiro atoms. The maximum atomic E-state index is 9.61. The Hall–Kier alpha value is -0.0800. The summed E-state index contributed by atoms with van der Waals surface area (Å²) in [4.78, 5) is 2.47. The van der Waals surface area contributed by atoms with Crippen LogP contribution in [-0.2, 0) is 0 Å². The zero-order valence-corrected chi connectivity index (χ0v) is 7.00. The van der Waals surface area contributed by atoms with Crippen molar-refractivity contribution in [1.82, 2.24) is 4.90 Å². The van der Waals surface area contributed by atoms with E-state index in [9.17, 15) is 5.11 Å². The lowest BCUT2D eigenvalue weighted by Gasteiger charge is -2.25. The molecule has 64 valence electrons. The maximum Gasteiger partial charge on any atom is 0.0695 e. The first-order chi connectivity index (χ1) is 5.38. The van der Waals surface area contributed by atoms with Gasteiger partial charge in [-0.1, -0.05) is 0 Å². The molecule has 2 atom stereocenters. The molecule has 2 aliphatic rings. The first kappa shape index (κ1) is 7.56. The molecule has 1 aliphatic heterocycles. The van der Waals surface area contributed by atoms with E-state index < -0.39 is 0 Å². The molecular formula is C9H17NO. The van der Waals surface area contributed by atoms with Gasteiger partial charge in [0.1, 0.15) is 0 Å². The summed E-state index contributed by atoms with van der Waals surface area (Å²) in [7, 11) is 0. The van der Waals surface area contributed by atoms with Crippen LogP contribution >= 0.6 is 0 Å². The van der Waals surface area contributed by atoms with E-state index in [2.05, 4.69) is 4.90 Å². The average molecular weight is 155 g/mol. The molecule has 1 heterocycles. The molecule has 0 aromatic carbocycles. The van der Waals surface area contributed by atoms with E-state index in [1.54, 1.807) is 0 Å². The maximum absolute atomic E-state index is 9.61. The van der Waals surface area contributed by atoms with Gasteiger partial charge in [0.05, 0.1) is 6.10 Å². The first-order valence-electron chi connectivity index (χ1n) is 4.80. The predicted molar refractivity (Wildman–Crippen MR) is 44.5 cm³/mol. The number of aliphatic hydroxyl groups is 1. The molecule has 0 unspecified atom stereocenters. The molecule has 2 heteroatoms. The van der Waals surface area contributed by atoms with Crippen LogP contribution in [0.4, 0.5) is 0 Å². The molecule has 1 saturated heterocycles. The molecule has 0 radical (unpaired) electrons. The summed E-state index contributed by atoms with van der Waals surface area (Å²) in [5, 5.41) is 9.61. The van der Waals surface area contributed by atoms with Gasteiger partial charge in [0.2, 0.25) is 0 Å². The van der Waals surface area contributed by atoms with Crippen molar-refractivity contribution in [2.75, 3.05) is 13.1 Å². The van der Waals surface area contributed by atoms with Crippen molar-refractivity contribution in [3.63, 3.8) is 0 Å². The van der Waals surface area contributed by atoms with Crippen LogP contribution in [0, 0.1) is 0 Å². The van der Waals surface area contributed by atoms with Crippen molar-refractivity contribution in [3.8, 4) is 0 Å². The van der Waals surface area contributed by atoms with Gasteiger partial charge in [0.25, 0.3) is 0 Å². The van der Waals surface area contributed by atoms with Crippen LogP contribution < -0.4 is 0 Å². The Labute approximate surface area is 68.2 Å². The van der Waals surface area contributed by atoms with E-state index in [1.807, 2.05) is 0 Å². The van der Waals surface area contributed by atoms with Gasteiger partial charge in [0.15, 0.2) is 0 Å². The summed E-state index contributed by atoms with van der Waals surface area (Å²) in [5.74, 6) is 0. The smallest absolute Gasteiger partial charge is 0.0695 e. The number of hydrogen-bond donors (Lipinski definition) is 1. The highest BCUT2D eigenvalue weighted by molar-refractivity contribution is 4.86. The Morgan fingerprint density at radius 3 is 2.27 bits per heavy atom. The zero-order valence-electron chi connectivity index (χ0n) is 7.00. The van der Waals surface area contributed by atoms with Crippen molar-refractivity contribution in [2.24, 2.45) is 0 Å². The molecule has 2 fully saturated rings. The van der Waals surface area contributed by atoms with E-state index in [0.717, 1.165) is 6.42 Å². The third-order valence-electron chi connectivity index (χ3n) is 3.05. The molecule has 11 heavy (non-hydrogen) atoms. The number of likely N-dealkylation sites (tertiary alicyclic amines) is 1. The monoisotopic (exact) mass is 155 g/mol. The van der Waals surface area contributed by atoms with Gasteiger partial charge in [-0.25, -0.2) is 0 Å². The fourth-order valence-corrected chi connectivity index (χ4v) is 2.42. The molecular weight excluding hydrogens is 138 g/mol. The minimum absolute atomic E-state index is 0.0203. The minimum atomic E-state index is -0.0203. The third kappa shape index (κ3) is 1.42. The topological polar surface area (TPSA) is 23.5 Å². The van der Waals surface area contributed by atoms with Crippen molar-refractivity contribution >= 4 is 0 Å². The second kappa shape index (κ2) is 3.11. The molecule has 0 amide bonds. The highest BCUT2D eigenvalue weighted by atomic mass is 16.3. The van der Waals surface area contributed by atoms with Crippen LogP contribution in [0.15, 0.2) is 0 Å². The number of nitrogens with zero attached hydrogens (tertiary/aromatic N) is 1. The van der Waals surface area contributed by atoms with Crippen LogP contribution in [0.25, 0.3) is 0 Å². The second-order valence-corrected chi connectivity index (χ2v) is 3.81. The second-order valence-electron chi connectivity index (χ2n) is 3.81. The standard InChI is InChI=1S/C9H17NO/c11-9-5-3-4-8(9)10-6-1-2-7-10/h8-9,11H,1-7H2/t8-,9-/m1/s1. The minimum Gasteiger partial charge on any atom is -0.391 e. The summed E-state index contributed by atoms with van der Waals surface area (Å²) >= 11 is 0. The fraction of sp³-hybridized carbons (Fsp3) is 1.00. The Kier molecular flexibility index (Phi) is 2.14. The van der Waals surface area contributed by atoms with Crippen molar-refractivity contribution in [2.45, 2.75) is 44.2 Å². The first-order valence-corrected chi connectivity index (χ1v) is 4.80. The highest BCUT2D eigenvalue weighted by Crippen LogP contribution is 2.26. The quantitative estimate of drug-likeness (QED) is 0.610. The van der Waals surface area contributed by atoms with Crippen molar-refractivity contribution < 1.29 is 5.11 Å². The normalized spacial score (nSPS) is 40.1. The summed E-state index contributed by atoms with van der Waals surface area (Å²) in [6.45, 7) is 2.45. The summed E-state index contributed by atoms with van der Waals surface area (Å²) in [6.07, 6.45) is 6.13. The van der Waals surface area contributed by atoms with Gasteiger partial charge in [-0.15, -0.1) is 0 Å². The van der Waals surface area contributed by atoms with Crippen molar-refractivity contribution in [1.29, 1.82) is 0 Å². The molecule has 0 aromatic rings. The fourth-order valence-electron chi connectivity index (χ4n) is 2.42. The van der Waals surface area contributed by atoms with E-state index in [4.69, 9.17) is 0 Å². The Morgan fingerprint density at radius 2 is 1.73 bits per heavy atom. The summed E-state index contributed by atoms with van der Waals surface area (Å²) < 4.78 is 0. The molecule has 0 bridgehead atoms. The van der Waals surface area contributed by atoms with Crippen molar-refractivity contribution in [3.05, 3.63) is 0 Å². The van der Waals surface area contributed by atoms with Gasteiger partial charge in [-0.2, -0.15) is 0 Å². The van der Waals surface area contributed by atoms with Gasteiger partial charge < -0.3 is 5.11 Å². The third-order valence-corrected chi connectivity index (χ3v) is 3.05. The summed E-state index contributed by atoms with van der Waals surface area (Å²) in [5.41, 5.74) is 0. The number of aliphatic hydroxyl groups excluding tert-OH is 1. The summed E-state index contributed by atoms with van der Waals surface area (Å²) in [6, 6.07) is 0.512. The Morgan fingerprint density at radius 1 is 1.00 bits per heavy atom. The number of hydrogen-bond acceptors (Lipinski definition) is 2. The van der Waals surface area contributed by atoms with E-state index in [1.165, 1.54) is 38.8 Å². The highest BCUT2D eigenvalue weighted by Gasteiger charge is 2.31. The SMILES string of the molecule is O[C@@H]1CCC[C@H]1N1CCCC1.